The molecule has 1 aromatic carbocycles. The molecule has 0 bridgehead atoms. The Morgan fingerprint density at radius 3 is 2.21 bits per heavy atom. The molecule has 1 rings (SSSR count). The zero-order valence-electron chi connectivity index (χ0n) is 11.7. The summed E-state index contributed by atoms with van der Waals surface area (Å²) in [7, 11) is 4.88. The van der Waals surface area contributed by atoms with Gasteiger partial charge in [0.1, 0.15) is 6.10 Å². The van der Waals surface area contributed by atoms with Crippen LogP contribution in [0, 0.1) is 0 Å². The van der Waals surface area contributed by atoms with E-state index in [2.05, 4.69) is 5.32 Å². The second kappa shape index (κ2) is 8.24. The van der Waals surface area contributed by atoms with Crippen LogP contribution in [0.2, 0.25) is 0 Å². The predicted molar refractivity (Wildman–Crippen MR) is 72.7 cm³/mol. The molecule has 0 fully saturated rings. The number of hydrogen-bond acceptors (Lipinski definition) is 5. The van der Waals surface area contributed by atoms with Gasteiger partial charge in [-0.2, -0.15) is 0 Å². The van der Waals surface area contributed by atoms with Gasteiger partial charge in [-0.3, -0.25) is 0 Å². The maximum Gasteiger partial charge on any atom is 0.183 e. The molecule has 0 spiro atoms. The first-order chi connectivity index (χ1) is 9.15. The molecule has 0 aliphatic heterocycles. The Balaban J connectivity index is 2.92. The second-order valence-corrected chi connectivity index (χ2v) is 4.34. The molecule has 19 heavy (non-hydrogen) atoms. The van der Waals surface area contributed by atoms with Crippen LogP contribution in [-0.2, 0) is 9.47 Å². The van der Waals surface area contributed by atoms with Crippen molar-refractivity contribution in [3.05, 3.63) is 35.4 Å². The number of rotatable bonds is 8. The van der Waals surface area contributed by atoms with Gasteiger partial charge in [0.25, 0.3) is 0 Å². The number of hydrogen-bond donors (Lipinski definition) is 3. The first kappa shape index (κ1) is 16.1. The summed E-state index contributed by atoms with van der Waals surface area (Å²) < 4.78 is 10.4. The van der Waals surface area contributed by atoms with Crippen LogP contribution in [0.15, 0.2) is 24.3 Å². The highest BCUT2D eigenvalue weighted by Crippen LogP contribution is 2.28. The zero-order valence-corrected chi connectivity index (χ0v) is 11.7. The second-order valence-electron chi connectivity index (χ2n) is 4.34. The van der Waals surface area contributed by atoms with Gasteiger partial charge >= 0.3 is 0 Å². The third-order valence-electron chi connectivity index (χ3n) is 3.05. The minimum Gasteiger partial charge on any atom is -0.390 e. The normalized spacial score (nSPS) is 14.6. The summed E-state index contributed by atoms with van der Waals surface area (Å²) in [6, 6.07) is 7.25. The highest BCUT2D eigenvalue weighted by Gasteiger charge is 2.23. The number of aliphatic hydroxyl groups is 2. The molecule has 2 atom stereocenters. The third kappa shape index (κ3) is 4.26. The smallest absolute Gasteiger partial charge is 0.183 e. The van der Waals surface area contributed by atoms with Gasteiger partial charge in [-0.25, -0.2) is 0 Å². The number of nitrogens with one attached hydrogen (secondary N) is 1. The van der Waals surface area contributed by atoms with E-state index in [4.69, 9.17) is 9.47 Å². The van der Waals surface area contributed by atoms with Crippen LogP contribution in [0.4, 0.5) is 0 Å². The van der Waals surface area contributed by atoms with Gasteiger partial charge in [-0.05, 0) is 25.6 Å². The molecule has 0 heterocycles. The van der Waals surface area contributed by atoms with Crippen molar-refractivity contribution in [2.24, 2.45) is 0 Å². The Hall–Kier alpha value is -0.980. The summed E-state index contributed by atoms with van der Waals surface area (Å²) in [6.07, 6.45) is -1.88. The van der Waals surface area contributed by atoms with Crippen molar-refractivity contribution in [3.63, 3.8) is 0 Å². The fourth-order valence-electron chi connectivity index (χ4n) is 2.00. The maximum atomic E-state index is 10.2. The van der Waals surface area contributed by atoms with Crippen molar-refractivity contribution in [3.8, 4) is 0 Å². The first-order valence-corrected chi connectivity index (χ1v) is 6.30. The van der Waals surface area contributed by atoms with Crippen molar-refractivity contribution in [1.82, 2.24) is 5.32 Å². The number of benzene rings is 1. The van der Waals surface area contributed by atoms with E-state index in [9.17, 15) is 10.2 Å². The zero-order chi connectivity index (χ0) is 14.3. The average Bonchev–Trinajstić information content (AvgIpc) is 2.46. The largest absolute Gasteiger partial charge is 0.390 e. The average molecular weight is 269 g/mol. The molecule has 1 aromatic rings. The summed E-state index contributed by atoms with van der Waals surface area (Å²) in [5.41, 5.74) is 1.35. The molecule has 0 aliphatic rings. The molecule has 0 aliphatic carbocycles. The number of methoxy groups -OCH3 is 2. The molecule has 0 radical (unpaired) electrons. The van der Waals surface area contributed by atoms with E-state index >= 15 is 0 Å². The molecule has 5 heteroatoms. The van der Waals surface area contributed by atoms with Gasteiger partial charge in [0.05, 0.1) is 6.10 Å². The van der Waals surface area contributed by atoms with Crippen molar-refractivity contribution in [1.29, 1.82) is 0 Å². The van der Waals surface area contributed by atoms with E-state index in [0.29, 0.717) is 18.5 Å². The lowest BCUT2D eigenvalue weighted by atomic mass is 9.96. The Kier molecular flexibility index (Phi) is 6.97. The van der Waals surface area contributed by atoms with E-state index in [1.165, 1.54) is 14.2 Å². The fourth-order valence-corrected chi connectivity index (χ4v) is 2.00. The number of ether oxygens (including phenoxy) is 2. The monoisotopic (exact) mass is 269 g/mol. The third-order valence-corrected chi connectivity index (χ3v) is 3.05. The predicted octanol–water partition coefficient (Wildman–Crippen LogP) is 0.982. The highest BCUT2D eigenvalue weighted by molar-refractivity contribution is 5.30. The molecule has 0 aromatic heterocycles. The molecule has 0 saturated carbocycles. The van der Waals surface area contributed by atoms with Crippen LogP contribution in [0.25, 0.3) is 0 Å². The SMILES string of the molecule is CNCCC(O)C(O)c1ccccc1C(OC)OC. The van der Waals surface area contributed by atoms with Crippen LogP contribution in [0.5, 0.6) is 0 Å². The number of aliphatic hydroxyl groups excluding tert-OH is 2. The molecular weight excluding hydrogens is 246 g/mol. The maximum absolute atomic E-state index is 10.2. The summed E-state index contributed by atoms with van der Waals surface area (Å²) >= 11 is 0. The molecule has 108 valence electrons. The molecule has 5 nitrogen and oxygen atoms in total. The molecule has 0 amide bonds. The van der Waals surface area contributed by atoms with Crippen LogP contribution in [-0.4, -0.2) is 44.1 Å². The fraction of sp³-hybridized carbons (Fsp3) is 0.571. The van der Waals surface area contributed by atoms with Crippen LogP contribution >= 0.6 is 0 Å². The molecule has 2 unspecified atom stereocenters. The van der Waals surface area contributed by atoms with Crippen molar-refractivity contribution in [2.45, 2.75) is 24.9 Å². The Morgan fingerprint density at radius 1 is 1.11 bits per heavy atom. The molecular formula is C14H23NO4. The van der Waals surface area contributed by atoms with Crippen LogP contribution in [0.1, 0.15) is 29.9 Å². The van der Waals surface area contributed by atoms with E-state index in [-0.39, 0.29) is 0 Å². The lowest BCUT2D eigenvalue weighted by Crippen LogP contribution is -2.24. The quantitative estimate of drug-likeness (QED) is 0.614. The van der Waals surface area contributed by atoms with Gasteiger partial charge in [-0.15, -0.1) is 0 Å². The van der Waals surface area contributed by atoms with Crippen molar-refractivity contribution >= 4 is 0 Å². The van der Waals surface area contributed by atoms with E-state index in [1.807, 2.05) is 18.2 Å². The summed E-state index contributed by atoms with van der Waals surface area (Å²) in [4.78, 5) is 0. The van der Waals surface area contributed by atoms with Gasteiger partial charge in [-0.1, -0.05) is 24.3 Å². The minimum absolute atomic E-state index is 0.469. The van der Waals surface area contributed by atoms with Crippen molar-refractivity contribution < 1.29 is 19.7 Å². The Morgan fingerprint density at radius 2 is 1.68 bits per heavy atom. The van der Waals surface area contributed by atoms with Crippen LogP contribution in [0.3, 0.4) is 0 Å². The van der Waals surface area contributed by atoms with Gasteiger partial charge in [0, 0.05) is 19.8 Å². The van der Waals surface area contributed by atoms with E-state index in [1.54, 1.807) is 13.1 Å². The van der Waals surface area contributed by atoms with Gasteiger partial charge in [0.15, 0.2) is 6.29 Å². The molecule has 3 N–H and O–H groups in total. The molecule has 0 saturated heterocycles. The summed E-state index contributed by atoms with van der Waals surface area (Å²) in [6.45, 7) is 0.637. The summed E-state index contributed by atoms with van der Waals surface area (Å²) in [5.74, 6) is 0. The lowest BCUT2D eigenvalue weighted by Gasteiger charge is -2.23. The Labute approximate surface area is 114 Å². The summed E-state index contributed by atoms with van der Waals surface area (Å²) in [5, 5.41) is 23.2. The van der Waals surface area contributed by atoms with Gasteiger partial charge in [0.2, 0.25) is 0 Å². The standard InChI is InChI=1S/C14H23NO4/c1-15-9-8-12(16)13(17)10-6-4-5-7-11(10)14(18-2)19-3/h4-7,12-17H,8-9H2,1-3H3. The first-order valence-electron chi connectivity index (χ1n) is 6.30. The topological polar surface area (TPSA) is 71.0 Å². The van der Waals surface area contributed by atoms with Crippen LogP contribution < -0.4 is 5.32 Å². The lowest BCUT2D eigenvalue weighted by molar-refractivity contribution is -0.108. The Bertz CT molecular complexity index is 368. The highest BCUT2D eigenvalue weighted by atomic mass is 16.7. The van der Waals surface area contributed by atoms with E-state index < -0.39 is 18.5 Å². The minimum atomic E-state index is -0.961. The van der Waals surface area contributed by atoms with Gasteiger partial charge < -0.3 is 25.0 Å². The van der Waals surface area contributed by atoms with Crippen molar-refractivity contribution in [2.75, 3.05) is 27.8 Å². The van der Waals surface area contributed by atoms with E-state index in [0.717, 1.165) is 5.56 Å².